The van der Waals surface area contributed by atoms with E-state index in [1.165, 1.54) is 0 Å². The number of amides is 1. The Bertz CT molecular complexity index is 546. The number of hydrogen-bond donors (Lipinski definition) is 3. The van der Waals surface area contributed by atoms with Crippen molar-refractivity contribution in [2.75, 3.05) is 18.5 Å². The van der Waals surface area contributed by atoms with Crippen LogP contribution < -0.4 is 11.1 Å². The van der Waals surface area contributed by atoms with Crippen molar-refractivity contribution in [2.24, 2.45) is 5.73 Å². The Hall–Kier alpha value is -1.90. The molecule has 1 amide bonds. The second-order valence-corrected chi connectivity index (χ2v) is 4.68. The normalized spacial score (nSPS) is 16.6. The van der Waals surface area contributed by atoms with E-state index in [0.717, 1.165) is 18.2 Å². The maximum atomic E-state index is 12.2. The minimum Gasteiger partial charge on any atom is -0.506 e. The van der Waals surface area contributed by atoms with E-state index in [0.29, 0.717) is 26.1 Å². The number of phenolic OH excluding ortho intramolecular Hbond substituents is 1. The van der Waals surface area contributed by atoms with Gasteiger partial charge in [-0.1, -0.05) is 0 Å². The monoisotopic (exact) mass is 317 g/mol. The first-order valence-electron chi connectivity index (χ1n) is 6.08. The highest BCUT2D eigenvalue weighted by Gasteiger charge is 2.36. The predicted octanol–water partition coefficient (Wildman–Crippen LogP) is 1.17. The third-order valence-corrected chi connectivity index (χ3v) is 3.28. The van der Waals surface area contributed by atoms with Gasteiger partial charge in [-0.2, -0.15) is 0 Å². The molecule has 0 aromatic heterocycles. The summed E-state index contributed by atoms with van der Waals surface area (Å²) in [7, 11) is 0. The van der Waals surface area contributed by atoms with Gasteiger partial charge in [0.2, 0.25) is 5.91 Å². The highest BCUT2D eigenvalue weighted by molar-refractivity contribution is 5.99. The number of phenols is 1. The van der Waals surface area contributed by atoms with Crippen LogP contribution in [0.5, 0.6) is 5.75 Å². The molecule has 4 N–H and O–H groups in total. The fourth-order valence-corrected chi connectivity index (χ4v) is 1.95. The fourth-order valence-electron chi connectivity index (χ4n) is 1.95. The lowest BCUT2D eigenvalue weighted by Gasteiger charge is -2.31. The van der Waals surface area contributed by atoms with E-state index in [1.54, 1.807) is 0 Å². The molecule has 0 aliphatic carbocycles. The molecule has 0 bridgehead atoms. The zero-order valence-electron chi connectivity index (χ0n) is 11.1. The molecule has 9 heteroatoms. The van der Waals surface area contributed by atoms with E-state index in [1.807, 2.05) is 0 Å². The van der Waals surface area contributed by atoms with Gasteiger partial charge in [-0.3, -0.25) is 14.9 Å². The topological polar surface area (TPSA) is 128 Å². The molecule has 0 spiro atoms. The van der Waals surface area contributed by atoms with Crippen molar-refractivity contribution < 1.29 is 19.6 Å². The molecule has 116 valence electrons. The largest absolute Gasteiger partial charge is 0.506 e. The first-order chi connectivity index (χ1) is 9.42. The van der Waals surface area contributed by atoms with Crippen LogP contribution >= 0.6 is 12.4 Å². The van der Waals surface area contributed by atoms with Gasteiger partial charge in [0.25, 0.3) is 5.69 Å². The molecule has 0 radical (unpaired) electrons. The van der Waals surface area contributed by atoms with Gasteiger partial charge >= 0.3 is 0 Å². The van der Waals surface area contributed by atoms with E-state index in [9.17, 15) is 20.0 Å². The number of aromatic hydroxyl groups is 1. The van der Waals surface area contributed by atoms with Gasteiger partial charge in [0, 0.05) is 25.3 Å². The van der Waals surface area contributed by atoms with Gasteiger partial charge in [0.1, 0.15) is 11.3 Å². The second-order valence-electron chi connectivity index (χ2n) is 4.68. The maximum Gasteiger partial charge on any atom is 0.271 e. The number of anilines is 1. The van der Waals surface area contributed by atoms with E-state index in [-0.39, 0.29) is 29.5 Å². The lowest BCUT2D eigenvalue weighted by Crippen LogP contribution is -2.54. The smallest absolute Gasteiger partial charge is 0.271 e. The number of nitro groups is 1. The van der Waals surface area contributed by atoms with Crippen molar-refractivity contribution in [2.45, 2.75) is 18.4 Å². The number of rotatable bonds is 3. The third kappa shape index (κ3) is 3.81. The lowest BCUT2D eigenvalue weighted by atomic mass is 9.90. The summed E-state index contributed by atoms with van der Waals surface area (Å²) >= 11 is 0. The van der Waals surface area contributed by atoms with Crippen LogP contribution in [-0.2, 0) is 9.53 Å². The first-order valence-corrected chi connectivity index (χ1v) is 6.08. The molecule has 1 saturated heterocycles. The molecular weight excluding hydrogens is 302 g/mol. The number of nitro benzene ring substituents is 1. The second kappa shape index (κ2) is 6.70. The van der Waals surface area contributed by atoms with Crippen LogP contribution in [0.3, 0.4) is 0 Å². The van der Waals surface area contributed by atoms with Gasteiger partial charge in [-0.25, -0.2) is 0 Å². The van der Waals surface area contributed by atoms with Crippen molar-refractivity contribution in [3.8, 4) is 5.75 Å². The molecular formula is C12H16ClN3O5. The number of nitrogens with two attached hydrogens (primary N) is 1. The molecule has 1 fully saturated rings. The minimum absolute atomic E-state index is 0. The van der Waals surface area contributed by atoms with Crippen LogP contribution in [0.4, 0.5) is 11.4 Å². The molecule has 1 aliphatic heterocycles. The Kier molecular flexibility index (Phi) is 5.47. The average Bonchev–Trinajstić information content (AvgIpc) is 2.41. The summed E-state index contributed by atoms with van der Waals surface area (Å²) in [4.78, 5) is 22.2. The lowest BCUT2D eigenvalue weighted by molar-refractivity contribution is -0.384. The predicted molar refractivity (Wildman–Crippen MR) is 77.6 cm³/mol. The molecule has 21 heavy (non-hydrogen) atoms. The van der Waals surface area contributed by atoms with Gasteiger partial charge in [-0.05, 0) is 18.9 Å². The number of benzene rings is 1. The molecule has 2 rings (SSSR count). The quantitative estimate of drug-likeness (QED) is 0.436. The van der Waals surface area contributed by atoms with E-state index < -0.39 is 16.4 Å². The Morgan fingerprint density at radius 1 is 1.43 bits per heavy atom. The Balaban J connectivity index is 0.00000220. The molecule has 0 atom stereocenters. The summed E-state index contributed by atoms with van der Waals surface area (Å²) < 4.78 is 5.14. The minimum atomic E-state index is -1.09. The third-order valence-electron chi connectivity index (χ3n) is 3.28. The summed E-state index contributed by atoms with van der Waals surface area (Å²) in [6.07, 6.45) is 0.711. The average molecular weight is 318 g/mol. The number of hydrogen-bond acceptors (Lipinski definition) is 6. The molecule has 0 unspecified atom stereocenters. The van der Waals surface area contributed by atoms with Crippen molar-refractivity contribution in [1.82, 2.24) is 0 Å². The van der Waals surface area contributed by atoms with Crippen LogP contribution in [0.2, 0.25) is 0 Å². The summed E-state index contributed by atoms with van der Waals surface area (Å²) in [5.74, 6) is -0.740. The number of carbonyl (C=O) groups is 1. The standard InChI is InChI=1S/C12H15N3O5.ClH/c13-12(3-5-20-6-4-12)11(17)14-9-7-8(15(18)19)1-2-10(9)16;/h1-2,7,16H,3-6,13H2,(H,14,17);1H. The van der Waals surface area contributed by atoms with Gasteiger partial charge in [-0.15, -0.1) is 12.4 Å². The van der Waals surface area contributed by atoms with Crippen LogP contribution in [0.25, 0.3) is 0 Å². The van der Waals surface area contributed by atoms with Crippen LogP contribution in [0.1, 0.15) is 12.8 Å². The zero-order chi connectivity index (χ0) is 14.8. The van der Waals surface area contributed by atoms with Crippen molar-refractivity contribution in [3.05, 3.63) is 28.3 Å². The summed E-state index contributed by atoms with van der Waals surface area (Å²) in [5, 5.41) is 22.8. The highest BCUT2D eigenvalue weighted by atomic mass is 35.5. The zero-order valence-corrected chi connectivity index (χ0v) is 11.9. The van der Waals surface area contributed by atoms with E-state index in [4.69, 9.17) is 10.5 Å². The fraction of sp³-hybridized carbons (Fsp3) is 0.417. The first kappa shape index (κ1) is 17.2. The number of carbonyl (C=O) groups excluding carboxylic acids is 1. The number of nitrogens with one attached hydrogen (secondary N) is 1. The van der Waals surface area contributed by atoms with E-state index in [2.05, 4.69) is 5.32 Å². The SMILES string of the molecule is Cl.NC1(C(=O)Nc2cc([N+](=O)[O-])ccc2O)CCOCC1. The number of nitrogens with zero attached hydrogens (tertiary/aromatic N) is 1. The summed E-state index contributed by atoms with van der Waals surface area (Å²) in [5.41, 5.74) is 4.65. The maximum absolute atomic E-state index is 12.2. The molecule has 1 aromatic rings. The summed E-state index contributed by atoms with van der Waals surface area (Å²) in [6.45, 7) is 0.760. The highest BCUT2D eigenvalue weighted by Crippen LogP contribution is 2.29. The molecule has 1 heterocycles. The Labute approximate surface area is 126 Å². The van der Waals surface area contributed by atoms with E-state index >= 15 is 0 Å². The van der Waals surface area contributed by atoms with Crippen molar-refractivity contribution >= 4 is 29.7 Å². The van der Waals surface area contributed by atoms with Crippen LogP contribution in [0, 0.1) is 10.1 Å². The number of ether oxygens (including phenoxy) is 1. The Morgan fingerprint density at radius 3 is 2.62 bits per heavy atom. The molecule has 1 aromatic carbocycles. The van der Waals surface area contributed by atoms with Crippen LogP contribution in [0.15, 0.2) is 18.2 Å². The van der Waals surface area contributed by atoms with Crippen molar-refractivity contribution in [1.29, 1.82) is 0 Å². The number of non-ortho nitro benzene ring substituents is 1. The summed E-state index contributed by atoms with van der Waals surface area (Å²) in [6, 6.07) is 3.40. The molecule has 8 nitrogen and oxygen atoms in total. The molecule has 1 aliphatic rings. The van der Waals surface area contributed by atoms with Crippen molar-refractivity contribution in [3.63, 3.8) is 0 Å². The van der Waals surface area contributed by atoms with Gasteiger partial charge < -0.3 is 20.9 Å². The number of halogens is 1. The Morgan fingerprint density at radius 2 is 2.05 bits per heavy atom. The van der Waals surface area contributed by atoms with Crippen LogP contribution in [-0.4, -0.2) is 34.7 Å². The van der Waals surface area contributed by atoms with Gasteiger partial charge in [0.05, 0.1) is 10.6 Å². The van der Waals surface area contributed by atoms with Gasteiger partial charge in [0.15, 0.2) is 0 Å². The molecule has 0 saturated carbocycles.